The largest absolute Gasteiger partial charge is 0.367 e. The van der Waals surface area contributed by atoms with Gasteiger partial charge in [-0.25, -0.2) is 4.98 Å². The van der Waals surface area contributed by atoms with Gasteiger partial charge in [-0.1, -0.05) is 0 Å². The highest BCUT2D eigenvalue weighted by Gasteiger charge is 2.23. The van der Waals surface area contributed by atoms with Crippen LogP contribution in [0.4, 0.5) is 5.82 Å². The normalized spacial score (nSPS) is 14.3. The van der Waals surface area contributed by atoms with Gasteiger partial charge in [-0.2, -0.15) is 0 Å². The molecule has 1 fully saturated rings. The number of hydrogen-bond donors (Lipinski definition) is 2. The third kappa shape index (κ3) is 2.35. The Labute approximate surface area is 88.3 Å². The van der Waals surface area contributed by atoms with Crippen LogP contribution in [0, 0.1) is 0 Å². The van der Waals surface area contributed by atoms with Crippen molar-refractivity contribution in [2.24, 2.45) is 5.73 Å². The summed E-state index contributed by atoms with van der Waals surface area (Å²) in [6.07, 6.45) is 3.95. The molecule has 0 saturated heterocycles. The molecule has 1 aromatic heterocycles. The molecule has 0 bridgehead atoms. The molecule has 1 aliphatic rings. The lowest BCUT2D eigenvalue weighted by atomic mass is 10.2. The Morgan fingerprint density at radius 3 is 2.86 bits per heavy atom. The zero-order chi connectivity index (χ0) is 9.26. The summed E-state index contributed by atoms with van der Waals surface area (Å²) < 4.78 is 0. The number of rotatable bonds is 3. The minimum atomic E-state index is -0.434. The Morgan fingerprint density at radius 2 is 2.29 bits per heavy atom. The van der Waals surface area contributed by atoms with E-state index in [1.807, 2.05) is 0 Å². The smallest absolute Gasteiger partial charge is 0.252 e. The average Bonchev–Trinajstić information content (AvgIpc) is 2.89. The summed E-state index contributed by atoms with van der Waals surface area (Å²) in [5, 5.41) is 3.15. The van der Waals surface area contributed by atoms with Gasteiger partial charge in [-0.3, -0.25) is 4.79 Å². The van der Waals surface area contributed by atoms with Gasteiger partial charge in [0.2, 0.25) is 0 Å². The van der Waals surface area contributed by atoms with E-state index in [1.165, 1.54) is 0 Å². The average molecular weight is 214 g/mol. The Balaban J connectivity index is 0.000000980. The fraction of sp³-hybridized carbons (Fsp3) is 0.333. The second-order valence-corrected chi connectivity index (χ2v) is 3.18. The first-order chi connectivity index (χ1) is 6.27. The van der Waals surface area contributed by atoms with Gasteiger partial charge in [0, 0.05) is 12.2 Å². The molecule has 0 aromatic carbocycles. The molecule has 1 heterocycles. The van der Waals surface area contributed by atoms with Crippen LogP contribution in [0.25, 0.3) is 0 Å². The van der Waals surface area contributed by atoms with E-state index in [2.05, 4.69) is 10.3 Å². The predicted octanol–water partition coefficient (Wildman–Crippen LogP) is 1.18. The number of aromatic nitrogens is 1. The van der Waals surface area contributed by atoms with E-state index in [-0.39, 0.29) is 12.4 Å². The summed E-state index contributed by atoms with van der Waals surface area (Å²) in [5.74, 6) is 0.175. The van der Waals surface area contributed by atoms with E-state index in [4.69, 9.17) is 5.73 Å². The molecule has 0 radical (unpaired) electrons. The molecule has 2 rings (SSSR count). The Morgan fingerprint density at radius 1 is 1.57 bits per heavy atom. The van der Waals surface area contributed by atoms with E-state index in [1.54, 1.807) is 18.3 Å². The fourth-order valence-electron chi connectivity index (χ4n) is 1.14. The standard InChI is InChI=1S/C9H11N3O.ClH/c10-8(13)7-2-1-5-11-9(7)12-6-3-4-6;/h1-2,5-6H,3-4H2,(H2,10,13)(H,11,12);1H. The van der Waals surface area contributed by atoms with Gasteiger partial charge in [0.15, 0.2) is 0 Å². The van der Waals surface area contributed by atoms with E-state index in [0.717, 1.165) is 12.8 Å². The summed E-state index contributed by atoms with van der Waals surface area (Å²) in [7, 11) is 0. The van der Waals surface area contributed by atoms with Crippen molar-refractivity contribution >= 4 is 24.1 Å². The summed E-state index contributed by atoms with van der Waals surface area (Å²) in [6, 6.07) is 3.87. The summed E-state index contributed by atoms with van der Waals surface area (Å²) in [4.78, 5) is 15.0. The monoisotopic (exact) mass is 213 g/mol. The number of nitrogens with one attached hydrogen (secondary N) is 1. The third-order valence-corrected chi connectivity index (χ3v) is 1.99. The van der Waals surface area contributed by atoms with Gasteiger partial charge in [0.05, 0.1) is 5.56 Å². The minimum absolute atomic E-state index is 0. The van der Waals surface area contributed by atoms with Crippen LogP contribution in [-0.4, -0.2) is 16.9 Å². The SMILES string of the molecule is Cl.NC(=O)c1cccnc1NC1CC1. The molecule has 0 unspecified atom stereocenters. The fourth-order valence-corrected chi connectivity index (χ4v) is 1.14. The lowest BCUT2D eigenvalue weighted by Gasteiger charge is -2.06. The number of pyridine rings is 1. The zero-order valence-corrected chi connectivity index (χ0v) is 8.38. The lowest BCUT2D eigenvalue weighted by Crippen LogP contribution is -2.16. The predicted molar refractivity (Wildman–Crippen MR) is 56.6 cm³/mol. The molecule has 14 heavy (non-hydrogen) atoms. The van der Waals surface area contributed by atoms with Gasteiger partial charge in [0.25, 0.3) is 5.91 Å². The molecule has 0 aliphatic heterocycles. The molecule has 1 aromatic rings. The van der Waals surface area contributed by atoms with E-state index >= 15 is 0 Å². The second kappa shape index (κ2) is 4.28. The van der Waals surface area contributed by atoms with Crippen LogP contribution in [0.2, 0.25) is 0 Å². The number of carbonyl (C=O) groups excluding carboxylic acids is 1. The third-order valence-electron chi connectivity index (χ3n) is 1.99. The Kier molecular flexibility index (Phi) is 3.30. The molecule has 0 spiro atoms. The molecule has 1 amide bonds. The van der Waals surface area contributed by atoms with Crippen LogP contribution in [0.1, 0.15) is 23.2 Å². The number of halogens is 1. The number of carbonyl (C=O) groups is 1. The van der Waals surface area contributed by atoms with Crippen molar-refractivity contribution in [3.63, 3.8) is 0 Å². The van der Waals surface area contributed by atoms with Crippen molar-refractivity contribution in [3.8, 4) is 0 Å². The first kappa shape index (κ1) is 10.8. The quantitative estimate of drug-likeness (QED) is 0.792. The second-order valence-electron chi connectivity index (χ2n) is 3.18. The van der Waals surface area contributed by atoms with E-state index in [9.17, 15) is 4.79 Å². The first-order valence-corrected chi connectivity index (χ1v) is 4.29. The van der Waals surface area contributed by atoms with Gasteiger partial charge < -0.3 is 11.1 Å². The first-order valence-electron chi connectivity index (χ1n) is 4.29. The van der Waals surface area contributed by atoms with Crippen LogP contribution in [0.3, 0.4) is 0 Å². The molecule has 5 heteroatoms. The molecular formula is C9H12ClN3O. The van der Waals surface area contributed by atoms with Crippen molar-refractivity contribution < 1.29 is 4.79 Å². The molecular weight excluding hydrogens is 202 g/mol. The maximum Gasteiger partial charge on any atom is 0.252 e. The van der Waals surface area contributed by atoms with Crippen LogP contribution in [0.5, 0.6) is 0 Å². The maximum absolute atomic E-state index is 11.0. The summed E-state index contributed by atoms with van der Waals surface area (Å²) in [6.45, 7) is 0. The number of primary amides is 1. The molecule has 1 aliphatic carbocycles. The van der Waals surface area contributed by atoms with Gasteiger partial charge in [-0.15, -0.1) is 12.4 Å². The highest BCUT2D eigenvalue weighted by Crippen LogP contribution is 2.24. The topological polar surface area (TPSA) is 68.0 Å². The Bertz CT molecular complexity index is 339. The number of nitrogens with zero attached hydrogens (tertiary/aromatic N) is 1. The van der Waals surface area contributed by atoms with Crippen molar-refractivity contribution in [1.82, 2.24) is 4.98 Å². The molecule has 1 saturated carbocycles. The van der Waals surface area contributed by atoms with Gasteiger partial charge in [0.1, 0.15) is 5.82 Å². The number of hydrogen-bond acceptors (Lipinski definition) is 3. The van der Waals surface area contributed by atoms with Crippen molar-refractivity contribution in [2.75, 3.05) is 5.32 Å². The molecule has 4 nitrogen and oxygen atoms in total. The van der Waals surface area contributed by atoms with Crippen LogP contribution in [0.15, 0.2) is 18.3 Å². The summed E-state index contributed by atoms with van der Waals surface area (Å²) >= 11 is 0. The van der Waals surface area contributed by atoms with Crippen LogP contribution < -0.4 is 11.1 Å². The molecule has 3 N–H and O–H groups in total. The van der Waals surface area contributed by atoms with Crippen molar-refractivity contribution in [2.45, 2.75) is 18.9 Å². The molecule has 0 atom stereocenters. The lowest BCUT2D eigenvalue weighted by molar-refractivity contribution is 0.100. The van der Waals surface area contributed by atoms with Crippen molar-refractivity contribution in [3.05, 3.63) is 23.9 Å². The highest BCUT2D eigenvalue weighted by atomic mass is 35.5. The minimum Gasteiger partial charge on any atom is -0.367 e. The maximum atomic E-state index is 11.0. The number of nitrogens with two attached hydrogens (primary N) is 1. The highest BCUT2D eigenvalue weighted by molar-refractivity contribution is 5.97. The van der Waals surface area contributed by atoms with E-state index < -0.39 is 5.91 Å². The van der Waals surface area contributed by atoms with Gasteiger partial charge in [-0.05, 0) is 25.0 Å². The number of anilines is 1. The molecule has 76 valence electrons. The Hall–Kier alpha value is -1.29. The van der Waals surface area contributed by atoms with Crippen LogP contribution in [-0.2, 0) is 0 Å². The summed E-state index contributed by atoms with van der Waals surface area (Å²) in [5.41, 5.74) is 5.66. The van der Waals surface area contributed by atoms with E-state index in [0.29, 0.717) is 17.4 Å². The number of amides is 1. The van der Waals surface area contributed by atoms with Crippen molar-refractivity contribution in [1.29, 1.82) is 0 Å². The zero-order valence-electron chi connectivity index (χ0n) is 7.56. The van der Waals surface area contributed by atoms with Gasteiger partial charge >= 0.3 is 0 Å². The van der Waals surface area contributed by atoms with Crippen LogP contribution >= 0.6 is 12.4 Å².